The number of rotatable bonds is 5. The van der Waals surface area contributed by atoms with Gasteiger partial charge in [0, 0.05) is 19.2 Å². The smallest absolute Gasteiger partial charge is 0.244 e. The first-order chi connectivity index (χ1) is 11.0. The van der Waals surface area contributed by atoms with Crippen LogP contribution >= 0.6 is 11.6 Å². The number of imidazole rings is 1. The number of carbonyl (C=O) groups is 1. The molecular weight excluding hydrogens is 314 g/mol. The molecule has 0 aliphatic heterocycles. The van der Waals surface area contributed by atoms with Crippen LogP contribution in [0.15, 0.2) is 30.6 Å². The Morgan fingerprint density at radius 2 is 2.30 bits per heavy atom. The number of nitrogens with zero attached hydrogens (tertiary/aromatic N) is 3. The fraction of sp³-hybridized carbons (Fsp3) is 0.312. The molecule has 0 aliphatic rings. The van der Waals surface area contributed by atoms with Crippen molar-refractivity contribution >= 4 is 28.5 Å². The quantitative estimate of drug-likeness (QED) is 0.754. The van der Waals surface area contributed by atoms with Gasteiger partial charge in [-0.15, -0.1) is 0 Å². The second kappa shape index (κ2) is 6.42. The topological polar surface area (TPSA) is 75.6 Å². The second-order valence-electron chi connectivity index (χ2n) is 5.51. The van der Waals surface area contributed by atoms with Gasteiger partial charge in [-0.2, -0.15) is 5.10 Å². The van der Waals surface area contributed by atoms with Crippen LogP contribution in [0.1, 0.15) is 24.4 Å². The predicted octanol–water partition coefficient (Wildman–Crippen LogP) is 2.64. The molecule has 3 rings (SSSR count). The summed E-state index contributed by atoms with van der Waals surface area (Å²) in [5.41, 5.74) is 3.14. The maximum Gasteiger partial charge on any atom is 0.244 e. The number of carbonyl (C=O) groups excluding carboxylic acids is 1. The molecule has 1 unspecified atom stereocenters. The molecule has 120 valence electrons. The van der Waals surface area contributed by atoms with Crippen LogP contribution in [0, 0.1) is 6.92 Å². The molecule has 23 heavy (non-hydrogen) atoms. The molecular formula is C16H18ClN5O. The molecule has 6 nitrogen and oxygen atoms in total. The molecule has 1 amide bonds. The van der Waals surface area contributed by atoms with Gasteiger partial charge in [-0.05, 0) is 25.5 Å². The van der Waals surface area contributed by atoms with E-state index in [0.717, 1.165) is 22.4 Å². The minimum absolute atomic E-state index is 0.0999. The lowest BCUT2D eigenvalue weighted by Gasteiger charge is -2.12. The summed E-state index contributed by atoms with van der Waals surface area (Å²) in [4.78, 5) is 20.0. The van der Waals surface area contributed by atoms with E-state index in [4.69, 9.17) is 11.6 Å². The Morgan fingerprint density at radius 3 is 3.00 bits per heavy atom. The number of hydrogen-bond acceptors (Lipinski definition) is 3. The summed E-state index contributed by atoms with van der Waals surface area (Å²) < 4.78 is 1.54. The van der Waals surface area contributed by atoms with Crippen LogP contribution < -0.4 is 5.32 Å². The lowest BCUT2D eigenvalue weighted by Crippen LogP contribution is -2.32. The highest BCUT2D eigenvalue weighted by Crippen LogP contribution is 2.15. The van der Waals surface area contributed by atoms with Gasteiger partial charge in [-0.3, -0.25) is 9.48 Å². The maximum absolute atomic E-state index is 12.1. The molecule has 1 aromatic carbocycles. The Hall–Kier alpha value is -2.34. The fourth-order valence-corrected chi connectivity index (χ4v) is 2.59. The number of fused-ring (bicyclic) bond motifs is 1. The van der Waals surface area contributed by atoms with Gasteiger partial charge in [0.25, 0.3) is 0 Å². The van der Waals surface area contributed by atoms with E-state index in [1.807, 2.05) is 25.1 Å². The van der Waals surface area contributed by atoms with Crippen LogP contribution in [-0.2, 0) is 11.2 Å². The molecule has 0 aliphatic carbocycles. The first kappa shape index (κ1) is 15.6. The van der Waals surface area contributed by atoms with Crippen molar-refractivity contribution in [3.05, 3.63) is 47.0 Å². The largest absolute Gasteiger partial charge is 0.354 e. The number of aromatic nitrogens is 4. The van der Waals surface area contributed by atoms with Crippen molar-refractivity contribution in [1.29, 1.82) is 0 Å². The number of aromatic amines is 1. The van der Waals surface area contributed by atoms with Crippen molar-refractivity contribution in [3.63, 3.8) is 0 Å². The summed E-state index contributed by atoms with van der Waals surface area (Å²) >= 11 is 5.82. The molecule has 3 aromatic rings. The van der Waals surface area contributed by atoms with Crippen LogP contribution in [0.2, 0.25) is 5.02 Å². The zero-order chi connectivity index (χ0) is 16.4. The molecule has 2 aromatic heterocycles. The molecule has 2 heterocycles. The van der Waals surface area contributed by atoms with Gasteiger partial charge in [0.1, 0.15) is 11.9 Å². The van der Waals surface area contributed by atoms with E-state index in [1.54, 1.807) is 17.8 Å². The zero-order valence-electron chi connectivity index (χ0n) is 13.0. The number of hydrogen-bond donors (Lipinski definition) is 2. The van der Waals surface area contributed by atoms with E-state index in [9.17, 15) is 4.79 Å². The summed E-state index contributed by atoms with van der Waals surface area (Å²) in [6.45, 7) is 4.33. The number of nitrogens with one attached hydrogen (secondary N) is 2. The van der Waals surface area contributed by atoms with Crippen LogP contribution in [0.4, 0.5) is 0 Å². The fourth-order valence-electron chi connectivity index (χ4n) is 2.44. The van der Waals surface area contributed by atoms with Crippen molar-refractivity contribution in [2.45, 2.75) is 26.3 Å². The zero-order valence-corrected chi connectivity index (χ0v) is 13.8. The van der Waals surface area contributed by atoms with Crippen LogP contribution in [0.5, 0.6) is 0 Å². The van der Waals surface area contributed by atoms with Crippen molar-refractivity contribution in [1.82, 2.24) is 25.1 Å². The number of aryl methyl sites for hydroxylation is 1. The molecule has 0 bridgehead atoms. The summed E-state index contributed by atoms with van der Waals surface area (Å²) in [6, 6.07) is 5.63. The molecule has 0 radical (unpaired) electrons. The standard InChI is InChI=1S/C16H18ClN5O/c1-10-4-3-5-13-15(10)21-14(20-13)6-7-18-16(23)11(2)22-9-12(17)8-19-22/h3-5,8-9,11H,6-7H2,1-2H3,(H,18,23)(H,20,21). The Balaban J connectivity index is 1.57. The Kier molecular flexibility index (Phi) is 4.34. The first-order valence-corrected chi connectivity index (χ1v) is 7.84. The van der Waals surface area contributed by atoms with E-state index in [0.29, 0.717) is 18.0 Å². The lowest BCUT2D eigenvalue weighted by molar-refractivity contribution is -0.124. The SMILES string of the molecule is Cc1cccc2[nH]c(CCNC(=O)C(C)n3cc(Cl)cn3)nc12. The van der Waals surface area contributed by atoms with Gasteiger partial charge < -0.3 is 10.3 Å². The number of H-pyrrole nitrogens is 1. The van der Waals surface area contributed by atoms with E-state index in [-0.39, 0.29) is 5.91 Å². The number of halogens is 1. The minimum Gasteiger partial charge on any atom is -0.354 e. The van der Waals surface area contributed by atoms with Gasteiger partial charge in [0.2, 0.25) is 5.91 Å². The summed E-state index contributed by atoms with van der Waals surface area (Å²) in [6.07, 6.45) is 3.79. The molecule has 0 fully saturated rings. The highest BCUT2D eigenvalue weighted by Gasteiger charge is 2.15. The molecule has 1 atom stereocenters. The second-order valence-corrected chi connectivity index (χ2v) is 5.95. The average molecular weight is 332 g/mol. The lowest BCUT2D eigenvalue weighted by atomic mass is 10.2. The van der Waals surface area contributed by atoms with Gasteiger partial charge in [-0.1, -0.05) is 23.7 Å². The number of benzene rings is 1. The van der Waals surface area contributed by atoms with E-state index < -0.39 is 6.04 Å². The number of amides is 1. The Labute approximate surface area is 138 Å². The Morgan fingerprint density at radius 1 is 1.48 bits per heavy atom. The third kappa shape index (κ3) is 3.37. The van der Waals surface area contributed by atoms with Gasteiger partial charge in [-0.25, -0.2) is 4.98 Å². The van der Waals surface area contributed by atoms with Crippen molar-refractivity contribution in [2.24, 2.45) is 0 Å². The highest BCUT2D eigenvalue weighted by atomic mass is 35.5. The predicted molar refractivity (Wildman–Crippen MR) is 89.5 cm³/mol. The van der Waals surface area contributed by atoms with E-state index in [2.05, 4.69) is 20.4 Å². The molecule has 0 spiro atoms. The molecule has 0 saturated carbocycles. The van der Waals surface area contributed by atoms with Crippen LogP contribution in [-0.4, -0.2) is 32.2 Å². The van der Waals surface area contributed by atoms with Crippen molar-refractivity contribution in [3.8, 4) is 0 Å². The number of para-hydroxylation sites is 1. The third-order valence-electron chi connectivity index (χ3n) is 3.77. The van der Waals surface area contributed by atoms with Gasteiger partial charge in [0.15, 0.2) is 0 Å². The van der Waals surface area contributed by atoms with Crippen LogP contribution in [0.25, 0.3) is 11.0 Å². The third-order valence-corrected chi connectivity index (χ3v) is 3.97. The minimum atomic E-state index is -0.402. The van der Waals surface area contributed by atoms with Crippen molar-refractivity contribution < 1.29 is 4.79 Å². The Bertz CT molecular complexity index is 838. The summed E-state index contributed by atoms with van der Waals surface area (Å²) in [5.74, 6) is 0.765. The maximum atomic E-state index is 12.1. The van der Waals surface area contributed by atoms with E-state index >= 15 is 0 Å². The first-order valence-electron chi connectivity index (χ1n) is 7.46. The summed E-state index contributed by atoms with van der Waals surface area (Å²) in [5, 5.41) is 7.46. The van der Waals surface area contributed by atoms with Crippen molar-refractivity contribution in [2.75, 3.05) is 6.54 Å². The average Bonchev–Trinajstić information content (AvgIpc) is 3.13. The normalized spacial score (nSPS) is 12.5. The van der Waals surface area contributed by atoms with E-state index in [1.165, 1.54) is 6.20 Å². The van der Waals surface area contributed by atoms with Crippen LogP contribution in [0.3, 0.4) is 0 Å². The van der Waals surface area contributed by atoms with Gasteiger partial charge >= 0.3 is 0 Å². The molecule has 2 N–H and O–H groups in total. The monoisotopic (exact) mass is 331 g/mol. The molecule has 0 saturated heterocycles. The summed E-state index contributed by atoms with van der Waals surface area (Å²) in [7, 11) is 0. The molecule has 7 heteroatoms. The van der Waals surface area contributed by atoms with Gasteiger partial charge in [0.05, 0.1) is 22.3 Å². The highest BCUT2D eigenvalue weighted by molar-refractivity contribution is 6.30.